The van der Waals surface area contributed by atoms with Crippen molar-refractivity contribution in [1.82, 2.24) is 9.47 Å². The van der Waals surface area contributed by atoms with Crippen LogP contribution in [0.25, 0.3) is 10.9 Å². The summed E-state index contributed by atoms with van der Waals surface area (Å²) in [4.78, 5) is 34.5. The molecule has 0 saturated carbocycles. The van der Waals surface area contributed by atoms with Gasteiger partial charge in [-0.05, 0) is 63.2 Å². The van der Waals surface area contributed by atoms with Crippen LogP contribution in [0.3, 0.4) is 0 Å². The number of hydrogen-bond acceptors (Lipinski definition) is 6. The lowest BCUT2D eigenvalue weighted by atomic mass is 10.0. The number of para-hydroxylation sites is 1. The number of ether oxygens (including phenoxy) is 1. The van der Waals surface area contributed by atoms with E-state index >= 15 is 0 Å². The first-order valence-electron chi connectivity index (χ1n) is 13.7. The van der Waals surface area contributed by atoms with Gasteiger partial charge in [-0.3, -0.25) is 9.69 Å². The average Bonchev–Trinajstić information content (AvgIpc) is 3.28. The second-order valence-corrected chi connectivity index (χ2v) is 9.88. The molecule has 8 nitrogen and oxygen atoms in total. The third-order valence-electron chi connectivity index (χ3n) is 7.24. The molecule has 0 radical (unpaired) electrons. The number of aromatic hydroxyl groups is 1. The molecule has 0 bridgehead atoms. The molecule has 0 unspecified atom stereocenters. The molecule has 0 spiro atoms. The molecule has 8 heteroatoms. The number of amides is 1. The highest BCUT2D eigenvalue weighted by Gasteiger charge is 2.26. The standard InChI is InChI=1S/C32H34N4O4/c1-3-40-32(39)36-27-15-9-8-14-26(27)29(31(36)38)30(23-12-6-4-7-13-23)33-24-16-18-25(19-17-24)34(2)28(37)22-35-20-10-5-11-21-35/h4,6-9,12-19,38H,3,5,10-11,20-22H2,1-2H3. The van der Waals surface area contributed by atoms with Gasteiger partial charge in [-0.1, -0.05) is 55.0 Å². The Labute approximate surface area is 234 Å². The Kier molecular flexibility index (Phi) is 8.26. The number of benzene rings is 3. The molecule has 1 aromatic heterocycles. The van der Waals surface area contributed by atoms with E-state index in [0.29, 0.717) is 34.4 Å². The molecule has 4 aromatic rings. The minimum Gasteiger partial charge on any atom is -0.494 e. The fourth-order valence-corrected chi connectivity index (χ4v) is 5.13. The third kappa shape index (κ3) is 5.62. The van der Waals surface area contributed by atoms with Gasteiger partial charge in [0.1, 0.15) is 0 Å². The molecule has 1 N–H and O–H groups in total. The minimum absolute atomic E-state index is 0.0554. The van der Waals surface area contributed by atoms with Crippen molar-refractivity contribution in [2.24, 2.45) is 4.99 Å². The Balaban J connectivity index is 1.52. The number of carbonyl (C=O) groups is 2. The van der Waals surface area contributed by atoms with Crippen molar-refractivity contribution in [3.63, 3.8) is 0 Å². The van der Waals surface area contributed by atoms with Crippen molar-refractivity contribution in [2.45, 2.75) is 26.2 Å². The minimum atomic E-state index is -0.656. The highest BCUT2D eigenvalue weighted by atomic mass is 16.5. The van der Waals surface area contributed by atoms with Crippen LogP contribution >= 0.6 is 0 Å². The van der Waals surface area contributed by atoms with Crippen LogP contribution in [0.15, 0.2) is 83.9 Å². The zero-order valence-corrected chi connectivity index (χ0v) is 22.9. The molecule has 0 atom stereocenters. The van der Waals surface area contributed by atoms with E-state index in [0.717, 1.165) is 37.2 Å². The smallest absolute Gasteiger partial charge is 0.421 e. The summed E-state index contributed by atoms with van der Waals surface area (Å²) in [5, 5.41) is 12.0. The van der Waals surface area contributed by atoms with Gasteiger partial charge >= 0.3 is 6.09 Å². The van der Waals surface area contributed by atoms with Crippen LogP contribution in [-0.2, 0) is 9.53 Å². The number of rotatable bonds is 7. The zero-order valence-electron chi connectivity index (χ0n) is 22.9. The summed E-state index contributed by atoms with van der Waals surface area (Å²) in [5.74, 6) is -0.179. The Hall–Kier alpha value is -4.43. The third-order valence-corrected chi connectivity index (χ3v) is 7.24. The lowest BCUT2D eigenvalue weighted by Gasteiger charge is -2.28. The van der Waals surface area contributed by atoms with Gasteiger partial charge in [0.25, 0.3) is 0 Å². The maximum Gasteiger partial charge on any atom is 0.421 e. The van der Waals surface area contributed by atoms with Crippen LogP contribution in [0, 0.1) is 0 Å². The van der Waals surface area contributed by atoms with Gasteiger partial charge in [0, 0.05) is 23.7 Å². The molecule has 0 aliphatic carbocycles. The Morgan fingerprint density at radius 3 is 2.30 bits per heavy atom. The summed E-state index contributed by atoms with van der Waals surface area (Å²) < 4.78 is 6.40. The highest BCUT2D eigenvalue weighted by Crippen LogP contribution is 2.35. The number of hydrogen-bond donors (Lipinski definition) is 1. The summed E-state index contributed by atoms with van der Waals surface area (Å²) in [6.07, 6.45) is 2.86. The number of nitrogens with zero attached hydrogens (tertiary/aromatic N) is 4. The van der Waals surface area contributed by atoms with Crippen molar-refractivity contribution < 1.29 is 19.4 Å². The Bertz CT molecular complexity index is 1520. The fourth-order valence-electron chi connectivity index (χ4n) is 5.13. The largest absolute Gasteiger partial charge is 0.494 e. The van der Waals surface area contributed by atoms with Gasteiger partial charge in [-0.15, -0.1) is 0 Å². The fraction of sp³-hybridized carbons (Fsp3) is 0.281. The first-order valence-corrected chi connectivity index (χ1v) is 13.7. The van der Waals surface area contributed by atoms with E-state index in [1.165, 1.54) is 11.0 Å². The summed E-state index contributed by atoms with van der Waals surface area (Å²) in [6, 6.07) is 24.3. The van der Waals surface area contributed by atoms with Crippen molar-refractivity contribution in [1.29, 1.82) is 0 Å². The van der Waals surface area contributed by atoms with E-state index in [2.05, 4.69) is 4.90 Å². The first kappa shape index (κ1) is 27.1. The van der Waals surface area contributed by atoms with Gasteiger partial charge in [0.15, 0.2) is 0 Å². The van der Waals surface area contributed by atoms with Crippen LogP contribution in [0.4, 0.5) is 16.2 Å². The lowest BCUT2D eigenvalue weighted by molar-refractivity contribution is -0.119. The monoisotopic (exact) mass is 538 g/mol. The van der Waals surface area contributed by atoms with Gasteiger partial charge in [0.05, 0.1) is 35.6 Å². The predicted molar refractivity (Wildman–Crippen MR) is 158 cm³/mol. The predicted octanol–water partition coefficient (Wildman–Crippen LogP) is 5.97. The van der Waals surface area contributed by atoms with Crippen LogP contribution in [-0.4, -0.2) is 65.6 Å². The van der Waals surface area contributed by atoms with E-state index in [-0.39, 0.29) is 18.4 Å². The number of likely N-dealkylation sites (tertiary alicyclic amines) is 1. The normalized spacial score (nSPS) is 14.3. The Morgan fingerprint density at radius 2 is 1.60 bits per heavy atom. The van der Waals surface area contributed by atoms with Gasteiger partial charge in [0.2, 0.25) is 11.8 Å². The summed E-state index contributed by atoms with van der Waals surface area (Å²) in [5.41, 5.74) is 3.69. The van der Waals surface area contributed by atoms with Crippen molar-refractivity contribution in [3.05, 3.63) is 90.0 Å². The van der Waals surface area contributed by atoms with Crippen LogP contribution < -0.4 is 4.90 Å². The van der Waals surface area contributed by atoms with E-state index in [1.807, 2.05) is 72.8 Å². The van der Waals surface area contributed by atoms with Crippen LogP contribution in [0.5, 0.6) is 5.88 Å². The molecule has 40 heavy (non-hydrogen) atoms. The maximum atomic E-state index is 12.9. The van der Waals surface area contributed by atoms with Crippen molar-refractivity contribution in [3.8, 4) is 5.88 Å². The van der Waals surface area contributed by atoms with E-state index < -0.39 is 6.09 Å². The number of aliphatic imine (C=N–C) groups is 1. The van der Waals surface area contributed by atoms with Crippen LogP contribution in [0.1, 0.15) is 37.3 Å². The number of piperidine rings is 1. The molecule has 1 aliphatic heterocycles. The molecule has 3 aromatic carbocycles. The highest BCUT2D eigenvalue weighted by molar-refractivity contribution is 6.23. The van der Waals surface area contributed by atoms with Crippen molar-refractivity contribution in [2.75, 3.05) is 38.2 Å². The first-order chi connectivity index (χ1) is 19.5. The number of likely N-dealkylation sites (N-methyl/N-ethyl adjacent to an activating group) is 1. The van der Waals surface area contributed by atoms with E-state index in [9.17, 15) is 14.7 Å². The second kappa shape index (κ2) is 12.2. The molecule has 1 amide bonds. The molecule has 5 rings (SSSR count). The van der Waals surface area contributed by atoms with Crippen LogP contribution in [0.2, 0.25) is 0 Å². The summed E-state index contributed by atoms with van der Waals surface area (Å²) in [7, 11) is 1.79. The maximum absolute atomic E-state index is 12.9. The number of anilines is 1. The van der Waals surface area contributed by atoms with E-state index in [4.69, 9.17) is 9.73 Å². The molecular formula is C32H34N4O4. The number of aromatic nitrogens is 1. The van der Waals surface area contributed by atoms with Gasteiger partial charge in [-0.25, -0.2) is 14.4 Å². The molecule has 206 valence electrons. The second-order valence-electron chi connectivity index (χ2n) is 9.88. The SMILES string of the molecule is CCOC(=O)n1c(O)c(C(=Nc2ccc(N(C)C(=O)CN3CCCCC3)cc2)c2ccccc2)c2ccccc21. The molecule has 2 heterocycles. The molecule has 1 aliphatic rings. The topological polar surface area (TPSA) is 87.4 Å². The molecule has 1 saturated heterocycles. The molecular weight excluding hydrogens is 504 g/mol. The van der Waals surface area contributed by atoms with Gasteiger partial charge in [-0.2, -0.15) is 0 Å². The Morgan fingerprint density at radius 1 is 0.925 bits per heavy atom. The van der Waals surface area contributed by atoms with E-state index in [1.54, 1.807) is 24.9 Å². The number of fused-ring (bicyclic) bond motifs is 1. The quantitative estimate of drug-likeness (QED) is 0.293. The van der Waals surface area contributed by atoms with Gasteiger partial charge < -0.3 is 14.7 Å². The number of carbonyl (C=O) groups excluding carboxylic acids is 2. The summed E-state index contributed by atoms with van der Waals surface area (Å²) in [6.45, 7) is 4.25. The average molecular weight is 539 g/mol. The summed E-state index contributed by atoms with van der Waals surface area (Å²) >= 11 is 0. The lowest BCUT2D eigenvalue weighted by Crippen LogP contribution is -2.40. The molecule has 1 fully saturated rings. The zero-order chi connectivity index (χ0) is 28.1. The van der Waals surface area contributed by atoms with Crippen molar-refractivity contribution >= 4 is 40.0 Å².